The first-order chi connectivity index (χ1) is 10.3. The van der Waals surface area contributed by atoms with Crippen LogP contribution < -0.4 is 5.32 Å². The average molecular weight is 298 g/mol. The minimum atomic E-state index is -0.364. The van der Waals surface area contributed by atoms with Gasteiger partial charge in [-0.2, -0.15) is 5.26 Å². The van der Waals surface area contributed by atoms with E-state index in [2.05, 4.69) is 11.4 Å². The normalized spacial score (nSPS) is 17.3. The molecule has 0 bridgehead atoms. The van der Waals surface area contributed by atoms with Crippen LogP contribution in [0.5, 0.6) is 0 Å². The van der Waals surface area contributed by atoms with Crippen molar-refractivity contribution >= 4 is 27.3 Å². The van der Waals surface area contributed by atoms with Crippen molar-refractivity contribution < 1.29 is 4.79 Å². The molecule has 1 aliphatic carbocycles. The smallest absolute Gasteiger partial charge is 0.253 e. The molecule has 1 aromatic carbocycles. The SMILES string of the molecule is N#CC(NC(=O)c1csc2ccccc12)C1CCCCC1. The summed E-state index contributed by atoms with van der Waals surface area (Å²) in [5.41, 5.74) is 0.687. The minimum absolute atomic E-state index is 0.121. The number of hydrogen-bond donors (Lipinski definition) is 1. The number of nitrogens with zero attached hydrogens (tertiary/aromatic N) is 1. The van der Waals surface area contributed by atoms with Crippen molar-refractivity contribution in [3.05, 3.63) is 35.2 Å². The molecular weight excluding hydrogens is 280 g/mol. The number of fused-ring (bicyclic) bond motifs is 1. The van der Waals surface area contributed by atoms with Crippen LogP contribution in [0, 0.1) is 17.2 Å². The lowest BCUT2D eigenvalue weighted by Gasteiger charge is -2.26. The van der Waals surface area contributed by atoms with Crippen LogP contribution in [0.1, 0.15) is 42.5 Å². The minimum Gasteiger partial charge on any atom is -0.336 e. The number of carbonyl (C=O) groups is 1. The number of carbonyl (C=O) groups excluding carboxylic acids is 1. The predicted molar refractivity (Wildman–Crippen MR) is 85.3 cm³/mol. The Labute approximate surface area is 128 Å². The molecule has 4 heteroatoms. The van der Waals surface area contributed by atoms with Crippen LogP contribution in [-0.4, -0.2) is 11.9 Å². The first kappa shape index (κ1) is 14.1. The number of amides is 1. The molecule has 0 radical (unpaired) electrons. The summed E-state index contributed by atoms with van der Waals surface area (Å²) in [5.74, 6) is 0.183. The molecule has 21 heavy (non-hydrogen) atoms. The molecule has 0 saturated heterocycles. The van der Waals surface area contributed by atoms with Gasteiger partial charge in [-0.1, -0.05) is 37.5 Å². The van der Waals surface area contributed by atoms with Crippen molar-refractivity contribution in [3.63, 3.8) is 0 Å². The molecule has 1 saturated carbocycles. The molecule has 1 fully saturated rings. The van der Waals surface area contributed by atoms with Crippen molar-refractivity contribution in [1.82, 2.24) is 5.32 Å². The van der Waals surface area contributed by atoms with Gasteiger partial charge in [0, 0.05) is 15.5 Å². The van der Waals surface area contributed by atoms with Crippen LogP contribution in [0.3, 0.4) is 0 Å². The fourth-order valence-corrected chi connectivity index (χ4v) is 4.04. The molecule has 3 nitrogen and oxygen atoms in total. The summed E-state index contributed by atoms with van der Waals surface area (Å²) in [6.45, 7) is 0. The Balaban J connectivity index is 1.77. The molecule has 0 spiro atoms. The van der Waals surface area contributed by atoms with E-state index in [9.17, 15) is 10.1 Å². The van der Waals surface area contributed by atoms with Gasteiger partial charge >= 0.3 is 0 Å². The second-order valence-electron chi connectivity index (χ2n) is 5.62. The summed E-state index contributed by atoms with van der Waals surface area (Å²) in [7, 11) is 0. The molecule has 1 aliphatic rings. The zero-order valence-corrected chi connectivity index (χ0v) is 12.7. The van der Waals surface area contributed by atoms with E-state index >= 15 is 0 Å². The molecule has 1 N–H and O–H groups in total. The summed E-state index contributed by atoms with van der Waals surface area (Å²) in [4.78, 5) is 12.5. The monoisotopic (exact) mass is 298 g/mol. The largest absolute Gasteiger partial charge is 0.336 e. The lowest BCUT2D eigenvalue weighted by molar-refractivity contribution is 0.0931. The van der Waals surface area contributed by atoms with E-state index in [4.69, 9.17) is 0 Å². The number of rotatable bonds is 3. The van der Waals surface area contributed by atoms with Crippen molar-refractivity contribution in [2.75, 3.05) is 0 Å². The fourth-order valence-electron chi connectivity index (χ4n) is 3.10. The topological polar surface area (TPSA) is 52.9 Å². The molecule has 108 valence electrons. The molecule has 1 aromatic heterocycles. The van der Waals surface area contributed by atoms with E-state index in [1.54, 1.807) is 11.3 Å². The van der Waals surface area contributed by atoms with E-state index in [0.29, 0.717) is 11.5 Å². The lowest BCUT2D eigenvalue weighted by Crippen LogP contribution is -2.40. The van der Waals surface area contributed by atoms with Gasteiger partial charge in [0.25, 0.3) is 5.91 Å². The summed E-state index contributed by atoms with van der Waals surface area (Å²) >= 11 is 1.57. The van der Waals surface area contributed by atoms with Gasteiger partial charge in [0.05, 0.1) is 11.6 Å². The highest BCUT2D eigenvalue weighted by Gasteiger charge is 2.25. The van der Waals surface area contributed by atoms with Gasteiger partial charge in [-0.05, 0) is 24.8 Å². The summed E-state index contributed by atoms with van der Waals surface area (Å²) in [6.07, 6.45) is 5.67. The molecule has 3 rings (SSSR count). The van der Waals surface area contributed by atoms with Crippen LogP contribution in [-0.2, 0) is 0 Å². The van der Waals surface area contributed by atoms with E-state index in [1.165, 1.54) is 19.3 Å². The number of nitriles is 1. The van der Waals surface area contributed by atoms with Crippen molar-refractivity contribution in [2.45, 2.75) is 38.1 Å². The summed E-state index contributed by atoms with van der Waals surface area (Å²) in [6, 6.07) is 9.81. The second-order valence-corrected chi connectivity index (χ2v) is 6.54. The Hall–Kier alpha value is -1.86. The molecule has 1 unspecified atom stereocenters. The van der Waals surface area contributed by atoms with Gasteiger partial charge in [0.1, 0.15) is 6.04 Å². The summed E-state index contributed by atoms with van der Waals surface area (Å²) < 4.78 is 1.11. The van der Waals surface area contributed by atoms with Crippen LogP contribution in [0.25, 0.3) is 10.1 Å². The van der Waals surface area contributed by atoms with Crippen LogP contribution in [0.4, 0.5) is 0 Å². The van der Waals surface area contributed by atoms with Gasteiger partial charge in [0.2, 0.25) is 0 Å². The highest BCUT2D eigenvalue weighted by molar-refractivity contribution is 7.17. The molecule has 2 aromatic rings. The van der Waals surface area contributed by atoms with Crippen LogP contribution in [0.15, 0.2) is 29.6 Å². The Kier molecular flexibility index (Phi) is 4.21. The van der Waals surface area contributed by atoms with Crippen molar-refractivity contribution in [3.8, 4) is 6.07 Å². The third-order valence-electron chi connectivity index (χ3n) is 4.27. The van der Waals surface area contributed by atoms with Gasteiger partial charge in [-0.15, -0.1) is 11.3 Å². The quantitative estimate of drug-likeness (QED) is 0.927. The first-order valence-corrected chi connectivity index (χ1v) is 8.34. The van der Waals surface area contributed by atoms with Gasteiger partial charge < -0.3 is 5.32 Å². The average Bonchev–Trinajstić information content (AvgIpc) is 2.97. The standard InChI is InChI=1S/C17H18N2OS/c18-10-15(12-6-2-1-3-7-12)19-17(20)14-11-21-16-9-5-4-8-13(14)16/h4-5,8-9,11-12,15H,1-3,6-7H2,(H,19,20). The first-order valence-electron chi connectivity index (χ1n) is 7.46. The number of benzene rings is 1. The predicted octanol–water partition coefficient (Wildman–Crippen LogP) is 4.10. The highest BCUT2D eigenvalue weighted by atomic mass is 32.1. The molecule has 1 amide bonds. The number of thiophene rings is 1. The second kappa shape index (κ2) is 6.28. The number of hydrogen-bond acceptors (Lipinski definition) is 3. The van der Waals surface area contributed by atoms with Crippen molar-refractivity contribution in [1.29, 1.82) is 5.26 Å². The molecule has 1 atom stereocenters. The van der Waals surface area contributed by atoms with E-state index in [-0.39, 0.29) is 11.9 Å². The molecular formula is C17H18N2OS. The Bertz CT molecular complexity index is 679. The fraction of sp³-hybridized carbons (Fsp3) is 0.412. The zero-order valence-electron chi connectivity index (χ0n) is 11.8. The van der Waals surface area contributed by atoms with Crippen molar-refractivity contribution in [2.24, 2.45) is 5.92 Å². The Morgan fingerprint density at radius 1 is 1.29 bits per heavy atom. The van der Waals surface area contributed by atoms with Gasteiger partial charge in [-0.25, -0.2) is 0 Å². The van der Waals surface area contributed by atoms with Crippen LogP contribution in [0.2, 0.25) is 0 Å². The third-order valence-corrected chi connectivity index (χ3v) is 5.24. The van der Waals surface area contributed by atoms with E-state index in [0.717, 1.165) is 22.9 Å². The molecule has 0 aliphatic heterocycles. The summed E-state index contributed by atoms with van der Waals surface area (Å²) in [5, 5.41) is 15.2. The maximum absolute atomic E-state index is 12.5. The van der Waals surface area contributed by atoms with E-state index < -0.39 is 0 Å². The van der Waals surface area contributed by atoms with Gasteiger partial charge in [-0.3, -0.25) is 4.79 Å². The maximum Gasteiger partial charge on any atom is 0.253 e. The highest BCUT2D eigenvalue weighted by Crippen LogP contribution is 2.28. The number of nitrogens with one attached hydrogen (secondary N) is 1. The van der Waals surface area contributed by atoms with Crippen LogP contribution >= 0.6 is 11.3 Å². The Morgan fingerprint density at radius 2 is 2.05 bits per heavy atom. The third kappa shape index (κ3) is 2.93. The Morgan fingerprint density at radius 3 is 2.81 bits per heavy atom. The van der Waals surface area contributed by atoms with Gasteiger partial charge in [0.15, 0.2) is 0 Å². The molecule has 1 heterocycles. The zero-order chi connectivity index (χ0) is 14.7. The maximum atomic E-state index is 12.5. The van der Waals surface area contributed by atoms with E-state index in [1.807, 2.05) is 29.6 Å². The lowest BCUT2D eigenvalue weighted by atomic mass is 9.84.